The zero-order valence-corrected chi connectivity index (χ0v) is 11.8. The molecule has 0 radical (unpaired) electrons. The number of carbonyl (C=O) groups excluding carboxylic acids is 1. The Morgan fingerprint density at radius 2 is 2.17 bits per heavy atom. The Hall–Kier alpha value is -0.910. The number of amides is 1. The maximum Gasteiger partial charge on any atom is 0.248 e. The van der Waals surface area contributed by atoms with E-state index in [9.17, 15) is 9.00 Å². The molecular formula is C12H17ClN2O2S. The predicted molar refractivity (Wildman–Crippen MR) is 74.9 cm³/mol. The van der Waals surface area contributed by atoms with Crippen LogP contribution in [0.15, 0.2) is 18.2 Å². The molecular weight excluding hydrogens is 272 g/mol. The third-order valence-corrected chi connectivity index (χ3v) is 4.74. The zero-order valence-electron chi connectivity index (χ0n) is 10.2. The van der Waals surface area contributed by atoms with E-state index in [1.165, 1.54) is 6.07 Å². The normalized spacial score (nSPS) is 14.2. The summed E-state index contributed by atoms with van der Waals surface area (Å²) in [6.45, 7) is 2.41. The lowest BCUT2D eigenvalue weighted by molar-refractivity contribution is 0.100. The zero-order chi connectivity index (χ0) is 13.7. The van der Waals surface area contributed by atoms with E-state index in [-0.39, 0.29) is 5.25 Å². The smallest absolute Gasteiger partial charge is 0.248 e. The predicted octanol–water partition coefficient (Wildman–Crippen LogP) is 1.42. The number of nitrogens with two attached hydrogens (primary N) is 2. The molecule has 0 saturated carbocycles. The second-order valence-corrected chi connectivity index (χ2v) is 6.35. The van der Waals surface area contributed by atoms with Crippen molar-refractivity contribution in [3.63, 3.8) is 0 Å². The van der Waals surface area contributed by atoms with E-state index >= 15 is 0 Å². The fraction of sp³-hybridized carbons (Fsp3) is 0.417. The molecule has 1 aromatic rings. The summed E-state index contributed by atoms with van der Waals surface area (Å²) < 4.78 is 12.0. The Labute approximate surface area is 114 Å². The topological polar surface area (TPSA) is 86.2 Å². The van der Waals surface area contributed by atoms with Crippen molar-refractivity contribution in [2.75, 3.05) is 6.54 Å². The van der Waals surface area contributed by atoms with Gasteiger partial charge >= 0.3 is 0 Å². The first-order valence-corrected chi connectivity index (χ1v) is 7.37. The molecule has 4 nitrogen and oxygen atoms in total. The Kier molecular flexibility index (Phi) is 5.78. The molecule has 0 aromatic heterocycles. The van der Waals surface area contributed by atoms with E-state index in [0.717, 1.165) is 5.56 Å². The Morgan fingerprint density at radius 3 is 2.67 bits per heavy atom. The monoisotopic (exact) mass is 288 g/mol. The molecule has 4 N–H and O–H groups in total. The molecule has 100 valence electrons. The highest BCUT2D eigenvalue weighted by atomic mass is 35.5. The van der Waals surface area contributed by atoms with Gasteiger partial charge < -0.3 is 11.5 Å². The average molecular weight is 289 g/mol. The first kappa shape index (κ1) is 15.1. The molecule has 0 aliphatic carbocycles. The van der Waals surface area contributed by atoms with Crippen molar-refractivity contribution in [3.05, 3.63) is 34.3 Å². The molecule has 18 heavy (non-hydrogen) atoms. The van der Waals surface area contributed by atoms with Crippen LogP contribution in [0.4, 0.5) is 0 Å². The largest absolute Gasteiger partial charge is 0.366 e. The van der Waals surface area contributed by atoms with Gasteiger partial charge in [-0.2, -0.15) is 0 Å². The van der Waals surface area contributed by atoms with E-state index < -0.39 is 16.7 Å². The molecule has 0 aliphatic rings. The van der Waals surface area contributed by atoms with Crippen LogP contribution >= 0.6 is 11.6 Å². The summed E-state index contributed by atoms with van der Waals surface area (Å²) in [6.07, 6.45) is 0.712. The van der Waals surface area contributed by atoms with Crippen molar-refractivity contribution in [2.45, 2.75) is 24.3 Å². The van der Waals surface area contributed by atoms with Crippen LogP contribution in [0.5, 0.6) is 0 Å². The SMILES string of the molecule is CC(CCN)S(=O)Cc1ccc(C(N)=O)cc1Cl. The van der Waals surface area contributed by atoms with Crippen LogP contribution in [-0.4, -0.2) is 21.9 Å². The molecule has 0 spiro atoms. The fourth-order valence-electron chi connectivity index (χ4n) is 1.48. The van der Waals surface area contributed by atoms with Crippen molar-refractivity contribution < 1.29 is 9.00 Å². The molecule has 1 amide bonds. The summed E-state index contributed by atoms with van der Waals surface area (Å²) in [5.41, 5.74) is 11.7. The minimum absolute atomic E-state index is 0.0295. The van der Waals surface area contributed by atoms with Gasteiger partial charge in [-0.15, -0.1) is 0 Å². The van der Waals surface area contributed by atoms with Crippen LogP contribution < -0.4 is 11.5 Å². The third kappa shape index (κ3) is 4.08. The van der Waals surface area contributed by atoms with Gasteiger partial charge in [-0.1, -0.05) is 24.6 Å². The van der Waals surface area contributed by atoms with Gasteiger partial charge in [0.1, 0.15) is 0 Å². The molecule has 0 saturated heterocycles. The summed E-state index contributed by atoms with van der Waals surface area (Å²) in [6, 6.07) is 4.79. The van der Waals surface area contributed by atoms with E-state index in [2.05, 4.69) is 0 Å². The standard InChI is InChI=1S/C12H17ClN2O2S/c1-8(4-5-14)18(17)7-10-3-2-9(12(15)16)6-11(10)13/h2-3,6,8H,4-5,7,14H2,1H3,(H2,15,16). The van der Waals surface area contributed by atoms with Crippen LogP contribution in [0.25, 0.3) is 0 Å². The third-order valence-electron chi connectivity index (χ3n) is 2.66. The number of primary amides is 1. The van der Waals surface area contributed by atoms with E-state index in [4.69, 9.17) is 23.1 Å². The van der Waals surface area contributed by atoms with Gasteiger partial charge in [-0.3, -0.25) is 9.00 Å². The van der Waals surface area contributed by atoms with Crippen molar-refractivity contribution in [3.8, 4) is 0 Å². The van der Waals surface area contributed by atoms with Crippen molar-refractivity contribution in [1.29, 1.82) is 0 Å². The summed E-state index contributed by atoms with van der Waals surface area (Å²) in [4.78, 5) is 11.0. The second kappa shape index (κ2) is 6.87. The lowest BCUT2D eigenvalue weighted by atomic mass is 10.1. The molecule has 1 aromatic carbocycles. The highest BCUT2D eigenvalue weighted by Gasteiger charge is 2.13. The molecule has 0 fully saturated rings. The van der Waals surface area contributed by atoms with E-state index in [1.807, 2.05) is 6.92 Å². The van der Waals surface area contributed by atoms with Crippen LogP contribution in [0.2, 0.25) is 5.02 Å². The molecule has 0 bridgehead atoms. The van der Waals surface area contributed by atoms with Crippen molar-refractivity contribution in [1.82, 2.24) is 0 Å². The van der Waals surface area contributed by atoms with Crippen LogP contribution in [0, 0.1) is 0 Å². The number of hydrogen-bond donors (Lipinski definition) is 2. The quantitative estimate of drug-likeness (QED) is 0.830. The lowest BCUT2D eigenvalue weighted by Gasteiger charge is -2.11. The van der Waals surface area contributed by atoms with Gasteiger partial charge in [0.05, 0.1) is 5.75 Å². The molecule has 0 heterocycles. The minimum atomic E-state index is -1.02. The Bertz CT molecular complexity index is 465. The highest BCUT2D eigenvalue weighted by Crippen LogP contribution is 2.20. The highest BCUT2D eigenvalue weighted by molar-refractivity contribution is 7.84. The summed E-state index contributed by atoms with van der Waals surface area (Å²) in [5, 5.41) is 0.446. The molecule has 2 unspecified atom stereocenters. The number of rotatable bonds is 6. The first-order valence-electron chi connectivity index (χ1n) is 5.61. The molecule has 1 rings (SSSR count). The summed E-state index contributed by atoms with van der Waals surface area (Å²) >= 11 is 6.03. The van der Waals surface area contributed by atoms with Crippen LogP contribution in [0.3, 0.4) is 0 Å². The van der Waals surface area contributed by atoms with Gasteiger partial charge in [0, 0.05) is 26.6 Å². The van der Waals surface area contributed by atoms with Crippen molar-refractivity contribution in [2.24, 2.45) is 11.5 Å². The molecule has 0 aliphatic heterocycles. The molecule has 2 atom stereocenters. The van der Waals surface area contributed by atoms with Gasteiger partial charge in [0.15, 0.2) is 0 Å². The maximum atomic E-state index is 12.0. The maximum absolute atomic E-state index is 12.0. The van der Waals surface area contributed by atoms with Gasteiger partial charge in [-0.25, -0.2) is 0 Å². The summed E-state index contributed by atoms with van der Waals surface area (Å²) in [5.74, 6) is -0.167. The Morgan fingerprint density at radius 1 is 1.50 bits per heavy atom. The lowest BCUT2D eigenvalue weighted by Crippen LogP contribution is -2.17. The summed E-state index contributed by atoms with van der Waals surface area (Å²) in [7, 11) is -1.02. The van der Waals surface area contributed by atoms with Gasteiger partial charge in [-0.05, 0) is 30.7 Å². The number of hydrogen-bond acceptors (Lipinski definition) is 3. The number of carbonyl (C=O) groups is 1. The average Bonchev–Trinajstić information content (AvgIpc) is 2.31. The first-order chi connectivity index (χ1) is 8.45. The fourth-order valence-corrected chi connectivity index (χ4v) is 3.05. The van der Waals surface area contributed by atoms with E-state index in [1.54, 1.807) is 12.1 Å². The van der Waals surface area contributed by atoms with Gasteiger partial charge in [0.2, 0.25) is 5.91 Å². The number of halogens is 1. The van der Waals surface area contributed by atoms with Crippen molar-refractivity contribution >= 4 is 28.3 Å². The Balaban J connectivity index is 2.79. The van der Waals surface area contributed by atoms with Gasteiger partial charge in [0.25, 0.3) is 0 Å². The van der Waals surface area contributed by atoms with E-state index in [0.29, 0.717) is 29.3 Å². The molecule has 6 heteroatoms. The second-order valence-electron chi connectivity index (χ2n) is 4.08. The van der Waals surface area contributed by atoms with Crippen LogP contribution in [0.1, 0.15) is 29.3 Å². The minimum Gasteiger partial charge on any atom is -0.366 e. The van der Waals surface area contributed by atoms with Crippen LogP contribution in [-0.2, 0) is 16.6 Å². The number of benzene rings is 1.